The van der Waals surface area contributed by atoms with Gasteiger partial charge in [-0.15, -0.1) is 0 Å². The van der Waals surface area contributed by atoms with Crippen LogP contribution in [0.4, 0.5) is 5.69 Å². The molecular formula is C11H8N4O5. The monoisotopic (exact) mass is 276 g/mol. The molecule has 9 nitrogen and oxygen atoms in total. The Bertz CT molecular complexity index is 721. The number of carbonyl (C=O) groups is 2. The van der Waals surface area contributed by atoms with Crippen LogP contribution < -0.4 is 5.73 Å². The third-order valence-electron chi connectivity index (χ3n) is 2.53. The summed E-state index contributed by atoms with van der Waals surface area (Å²) in [6, 6.07) is 3.50. The highest BCUT2D eigenvalue weighted by atomic mass is 16.6. The van der Waals surface area contributed by atoms with Crippen molar-refractivity contribution in [2.75, 3.05) is 0 Å². The molecule has 1 aromatic carbocycles. The number of nitrogens with zero attached hydrogens (tertiary/aromatic N) is 3. The average molecular weight is 276 g/mol. The lowest BCUT2D eigenvalue weighted by Crippen LogP contribution is -2.12. The van der Waals surface area contributed by atoms with Crippen LogP contribution >= 0.6 is 0 Å². The first-order valence-electron chi connectivity index (χ1n) is 5.26. The Morgan fingerprint density at radius 3 is 2.55 bits per heavy atom. The summed E-state index contributed by atoms with van der Waals surface area (Å²) in [5, 5.41) is 23.5. The number of rotatable bonds is 4. The van der Waals surface area contributed by atoms with Gasteiger partial charge in [0.25, 0.3) is 5.69 Å². The summed E-state index contributed by atoms with van der Waals surface area (Å²) in [6.07, 6.45) is 2.15. The van der Waals surface area contributed by atoms with E-state index in [9.17, 15) is 19.7 Å². The number of benzene rings is 1. The smallest absolute Gasteiger partial charge is 0.338 e. The second-order valence-electron chi connectivity index (χ2n) is 3.80. The zero-order valence-electron chi connectivity index (χ0n) is 9.89. The van der Waals surface area contributed by atoms with E-state index in [0.29, 0.717) is 0 Å². The van der Waals surface area contributed by atoms with Crippen LogP contribution in [0, 0.1) is 10.1 Å². The Hall–Kier alpha value is -3.23. The molecule has 102 valence electrons. The zero-order chi connectivity index (χ0) is 14.9. The second kappa shape index (κ2) is 4.80. The number of carboxylic acids is 1. The number of nitro benzene ring substituents is 1. The Labute approximate surface area is 111 Å². The molecule has 0 unspecified atom stereocenters. The Kier molecular flexibility index (Phi) is 3.17. The fourth-order valence-corrected chi connectivity index (χ4v) is 1.58. The van der Waals surface area contributed by atoms with Crippen LogP contribution in [0.15, 0.2) is 30.6 Å². The molecule has 2 rings (SSSR count). The van der Waals surface area contributed by atoms with Crippen molar-refractivity contribution < 1.29 is 19.6 Å². The third kappa shape index (κ3) is 2.32. The summed E-state index contributed by atoms with van der Waals surface area (Å²) in [5.74, 6) is -1.98. The second-order valence-corrected chi connectivity index (χ2v) is 3.80. The lowest BCUT2D eigenvalue weighted by molar-refractivity contribution is -0.384. The van der Waals surface area contributed by atoms with Gasteiger partial charge in [0.1, 0.15) is 5.69 Å². The third-order valence-corrected chi connectivity index (χ3v) is 2.53. The van der Waals surface area contributed by atoms with E-state index in [0.717, 1.165) is 23.1 Å². The van der Waals surface area contributed by atoms with Gasteiger partial charge in [0.2, 0.25) is 5.91 Å². The highest BCUT2D eigenvalue weighted by Gasteiger charge is 2.19. The predicted molar refractivity (Wildman–Crippen MR) is 65.7 cm³/mol. The maximum absolute atomic E-state index is 11.1. The molecule has 3 N–H and O–H groups in total. The van der Waals surface area contributed by atoms with E-state index in [1.165, 1.54) is 12.1 Å². The summed E-state index contributed by atoms with van der Waals surface area (Å²) in [4.78, 5) is 32.2. The molecule has 20 heavy (non-hydrogen) atoms. The van der Waals surface area contributed by atoms with Crippen LogP contribution in [-0.4, -0.2) is 31.7 Å². The summed E-state index contributed by atoms with van der Waals surface area (Å²) in [6.45, 7) is 0. The van der Waals surface area contributed by atoms with Crippen LogP contribution in [0.1, 0.15) is 20.7 Å². The van der Waals surface area contributed by atoms with Gasteiger partial charge in [-0.25, -0.2) is 9.48 Å². The molecule has 9 heteroatoms. The van der Waals surface area contributed by atoms with E-state index in [2.05, 4.69) is 5.10 Å². The number of hydrogen-bond acceptors (Lipinski definition) is 5. The molecule has 0 aliphatic heterocycles. The predicted octanol–water partition coefficient (Wildman–Crippen LogP) is 0.578. The van der Waals surface area contributed by atoms with E-state index < -0.39 is 16.8 Å². The van der Waals surface area contributed by atoms with Crippen molar-refractivity contribution in [3.8, 4) is 5.69 Å². The van der Waals surface area contributed by atoms with Gasteiger partial charge >= 0.3 is 5.97 Å². The van der Waals surface area contributed by atoms with Gasteiger partial charge < -0.3 is 10.8 Å². The molecule has 0 saturated heterocycles. The molecule has 0 aliphatic rings. The number of primary amides is 1. The van der Waals surface area contributed by atoms with E-state index in [1.807, 2.05) is 0 Å². The van der Waals surface area contributed by atoms with Gasteiger partial charge in [-0.1, -0.05) is 0 Å². The van der Waals surface area contributed by atoms with Gasteiger partial charge in [0.15, 0.2) is 0 Å². The van der Waals surface area contributed by atoms with Crippen molar-refractivity contribution in [1.82, 2.24) is 9.78 Å². The zero-order valence-corrected chi connectivity index (χ0v) is 9.89. The highest BCUT2D eigenvalue weighted by Crippen LogP contribution is 2.23. The number of aromatic nitrogens is 2. The van der Waals surface area contributed by atoms with Crippen molar-refractivity contribution in [3.63, 3.8) is 0 Å². The van der Waals surface area contributed by atoms with Gasteiger partial charge in [-0.2, -0.15) is 5.10 Å². The first kappa shape index (κ1) is 13.2. The SMILES string of the molecule is NC(=O)c1ccc([N+](=O)[O-])c(-n2cc(C(=O)O)cn2)c1. The molecular weight excluding hydrogens is 268 g/mol. The van der Waals surface area contributed by atoms with Crippen LogP contribution in [0.25, 0.3) is 5.69 Å². The van der Waals surface area contributed by atoms with Crippen molar-refractivity contribution in [2.24, 2.45) is 5.73 Å². The Morgan fingerprint density at radius 2 is 2.05 bits per heavy atom. The van der Waals surface area contributed by atoms with Gasteiger partial charge in [0, 0.05) is 17.8 Å². The molecule has 0 radical (unpaired) electrons. The Morgan fingerprint density at radius 1 is 1.35 bits per heavy atom. The summed E-state index contributed by atoms with van der Waals surface area (Å²) >= 11 is 0. The minimum absolute atomic E-state index is 0.0428. The molecule has 1 aromatic heterocycles. The average Bonchev–Trinajstić information content (AvgIpc) is 2.87. The number of nitro groups is 1. The number of carboxylic acid groups (broad SMARTS) is 1. The maximum Gasteiger partial charge on any atom is 0.338 e. The number of amides is 1. The van der Waals surface area contributed by atoms with Crippen molar-refractivity contribution in [3.05, 3.63) is 51.8 Å². The van der Waals surface area contributed by atoms with E-state index >= 15 is 0 Å². The largest absolute Gasteiger partial charge is 0.478 e. The molecule has 2 aromatic rings. The Balaban J connectivity index is 2.62. The molecule has 1 heterocycles. The number of nitrogens with two attached hydrogens (primary N) is 1. The summed E-state index contributed by atoms with van der Waals surface area (Å²) in [5.41, 5.74) is 4.66. The highest BCUT2D eigenvalue weighted by molar-refractivity contribution is 5.94. The van der Waals surface area contributed by atoms with Crippen LogP contribution in [-0.2, 0) is 0 Å². The minimum atomic E-state index is -1.22. The molecule has 1 amide bonds. The first-order chi connectivity index (χ1) is 9.40. The summed E-state index contributed by atoms with van der Waals surface area (Å²) in [7, 11) is 0. The molecule has 0 aliphatic carbocycles. The molecule has 0 bridgehead atoms. The lowest BCUT2D eigenvalue weighted by Gasteiger charge is -2.04. The molecule has 0 atom stereocenters. The van der Waals surface area contributed by atoms with Crippen molar-refractivity contribution in [2.45, 2.75) is 0 Å². The number of carbonyl (C=O) groups excluding carboxylic acids is 1. The maximum atomic E-state index is 11.1. The fraction of sp³-hybridized carbons (Fsp3) is 0. The molecule has 0 saturated carbocycles. The van der Waals surface area contributed by atoms with Gasteiger partial charge in [0.05, 0.1) is 16.7 Å². The van der Waals surface area contributed by atoms with E-state index in [4.69, 9.17) is 10.8 Å². The number of hydrogen-bond donors (Lipinski definition) is 2. The topological polar surface area (TPSA) is 141 Å². The van der Waals surface area contributed by atoms with Crippen molar-refractivity contribution >= 4 is 17.6 Å². The first-order valence-corrected chi connectivity index (χ1v) is 5.26. The van der Waals surface area contributed by atoms with Crippen LogP contribution in [0.3, 0.4) is 0 Å². The lowest BCUT2D eigenvalue weighted by atomic mass is 10.1. The molecule has 0 fully saturated rings. The quantitative estimate of drug-likeness (QED) is 0.617. The molecule has 0 spiro atoms. The van der Waals surface area contributed by atoms with E-state index in [1.54, 1.807) is 0 Å². The standard InChI is InChI=1S/C11H8N4O5/c12-10(16)6-1-2-8(15(19)20)9(3-6)14-5-7(4-13-14)11(17)18/h1-5H,(H2,12,16)(H,17,18). The van der Waals surface area contributed by atoms with E-state index in [-0.39, 0.29) is 22.5 Å². The van der Waals surface area contributed by atoms with Crippen LogP contribution in [0.5, 0.6) is 0 Å². The van der Waals surface area contributed by atoms with Crippen molar-refractivity contribution in [1.29, 1.82) is 0 Å². The minimum Gasteiger partial charge on any atom is -0.478 e. The van der Waals surface area contributed by atoms with Gasteiger partial charge in [-0.3, -0.25) is 14.9 Å². The fourth-order valence-electron chi connectivity index (χ4n) is 1.58. The van der Waals surface area contributed by atoms with Gasteiger partial charge in [-0.05, 0) is 12.1 Å². The van der Waals surface area contributed by atoms with Crippen LogP contribution in [0.2, 0.25) is 0 Å². The number of aromatic carboxylic acids is 1. The summed E-state index contributed by atoms with van der Waals surface area (Å²) < 4.78 is 1.01. The normalized spacial score (nSPS) is 10.2.